The van der Waals surface area contributed by atoms with Crippen molar-refractivity contribution in [3.63, 3.8) is 0 Å². The standard InChI is InChI=1S/C31H34FN11O3/c32-25-16-43(28(44)15-36-30(34)35)8-7-27(25)46-26-6-1-20(13-21(26)14-33)29-37-19-38-31(40-29)39-22-2-4-23(5-3-22)41-9-11-42(12-10-41)24-17-45-18-24/h1-6,13,15,19,24-25,27H,7-12,16-18H2,(H3,34,35)(H,37,38,39,40)/t25-,27+/m1/s1. The number of hydrogen-bond donors (Lipinski definition) is 3. The van der Waals surface area contributed by atoms with Gasteiger partial charge in [-0.25, -0.2) is 19.4 Å². The molecular weight excluding hydrogens is 593 g/mol. The minimum atomic E-state index is -1.49. The van der Waals surface area contributed by atoms with Gasteiger partial charge in [0.2, 0.25) is 11.9 Å². The van der Waals surface area contributed by atoms with Crippen LogP contribution in [0.2, 0.25) is 0 Å². The Morgan fingerprint density at radius 1 is 1.15 bits per heavy atom. The number of aromatic nitrogens is 3. The topological polar surface area (TPSA) is 182 Å². The molecule has 6 rings (SSSR count). The molecule has 0 radical (unpaired) electrons. The number of nitrogens with zero attached hydrogens (tertiary/aromatic N) is 8. The second-order valence-corrected chi connectivity index (χ2v) is 11.2. The summed E-state index contributed by atoms with van der Waals surface area (Å²) in [6.07, 6.45) is 0.170. The van der Waals surface area contributed by atoms with Gasteiger partial charge in [0, 0.05) is 56.1 Å². The third-order valence-corrected chi connectivity index (χ3v) is 8.26. The number of alkyl halides is 1. The summed E-state index contributed by atoms with van der Waals surface area (Å²) in [5.41, 5.74) is 7.89. The van der Waals surface area contributed by atoms with Crippen molar-refractivity contribution in [2.75, 3.05) is 62.7 Å². The quantitative estimate of drug-likeness (QED) is 0.245. The maximum absolute atomic E-state index is 15.0. The van der Waals surface area contributed by atoms with Crippen LogP contribution in [0.25, 0.3) is 11.4 Å². The first-order valence-electron chi connectivity index (χ1n) is 15.0. The summed E-state index contributed by atoms with van der Waals surface area (Å²) < 4.78 is 26.2. The second kappa shape index (κ2) is 13.8. The highest BCUT2D eigenvalue weighted by Gasteiger charge is 2.33. The molecule has 1 aromatic heterocycles. The van der Waals surface area contributed by atoms with Crippen molar-refractivity contribution in [1.82, 2.24) is 24.8 Å². The van der Waals surface area contributed by atoms with Crippen LogP contribution in [0.4, 0.5) is 21.7 Å². The van der Waals surface area contributed by atoms with E-state index in [9.17, 15) is 14.4 Å². The molecule has 14 nitrogen and oxygen atoms in total. The molecule has 3 aromatic rings. The van der Waals surface area contributed by atoms with E-state index in [-0.39, 0.29) is 30.8 Å². The monoisotopic (exact) mass is 627 g/mol. The molecule has 0 aliphatic carbocycles. The van der Waals surface area contributed by atoms with Crippen LogP contribution in [-0.4, -0.2) is 114 Å². The van der Waals surface area contributed by atoms with Gasteiger partial charge in [0.25, 0.3) is 5.91 Å². The zero-order valence-corrected chi connectivity index (χ0v) is 25.0. The highest BCUT2D eigenvalue weighted by Crippen LogP contribution is 2.29. The molecule has 1 amide bonds. The van der Waals surface area contributed by atoms with Gasteiger partial charge >= 0.3 is 0 Å². The van der Waals surface area contributed by atoms with Gasteiger partial charge in [-0.15, -0.1) is 0 Å². The Kier molecular flexibility index (Phi) is 9.27. The molecule has 2 atom stereocenters. The smallest absolute Gasteiger partial charge is 0.265 e. The van der Waals surface area contributed by atoms with Crippen molar-refractivity contribution in [2.45, 2.75) is 24.7 Å². The van der Waals surface area contributed by atoms with Crippen molar-refractivity contribution in [3.8, 4) is 23.2 Å². The van der Waals surface area contributed by atoms with Crippen LogP contribution in [0.15, 0.2) is 53.8 Å². The molecule has 3 saturated heterocycles. The lowest BCUT2D eigenvalue weighted by atomic mass is 10.0. The number of carbonyl (C=O) groups is 1. The molecule has 15 heteroatoms. The molecule has 238 valence electrons. The number of ether oxygens (including phenoxy) is 2. The Morgan fingerprint density at radius 3 is 2.61 bits per heavy atom. The fourth-order valence-corrected chi connectivity index (χ4v) is 5.60. The van der Waals surface area contributed by atoms with Crippen LogP contribution in [0.1, 0.15) is 12.0 Å². The van der Waals surface area contributed by atoms with Crippen LogP contribution in [0, 0.1) is 16.7 Å². The van der Waals surface area contributed by atoms with E-state index >= 15 is 0 Å². The average Bonchev–Trinajstić information content (AvgIpc) is 3.05. The number of nitriles is 1. The van der Waals surface area contributed by atoms with Crippen LogP contribution < -0.4 is 20.7 Å². The highest BCUT2D eigenvalue weighted by atomic mass is 19.1. The first kappa shape index (κ1) is 30.8. The number of piperidine rings is 1. The van der Waals surface area contributed by atoms with E-state index < -0.39 is 24.1 Å². The number of carbonyl (C=O) groups excluding carboxylic acids is 1. The van der Waals surface area contributed by atoms with E-state index in [0.717, 1.165) is 57.0 Å². The Balaban J connectivity index is 1.06. The predicted octanol–water partition coefficient (Wildman–Crippen LogP) is 1.96. The van der Waals surface area contributed by atoms with Crippen LogP contribution >= 0.6 is 0 Å². The van der Waals surface area contributed by atoms with Crippen molar-refractivity contribution in [2.24, 2.45) is 10.7 Å². The van der Waals surface area contributed by atoms with Crippen molar-refractivity contribution < 1.29 is 18.7 Å². The minimum Gasteiger partial charge on any atom is -0.486 e. The van der Waals surface area contributed by atoms with Gasteiger partial charge in [-0.3, -0.25) is 15.1 Å². The maximum atomic E-state index is 15.0. The molecule has 0 unspecified atom stereocenters. The molecule has 3 fully saturated rings. The van der Waals surface area contributed by atoms with E-state index in [1.54, 1.807) is 18.2 Å². The van der Waals surface area contributed by atoms with Gasteiger partial charge in [0.1, 0.15) is 24.3 Å². The number of rotatable bonds is 8. The molecule has 0 saturated carbocycles. The minimum absolute atomic E-state index is 0.198. The average molecular weight is 628 g/mol. The van der Waals surface area contributed by atoms with Crippen LogP contribution in [0.5, 0.6) is 5.75 Å². The molecule has 4 N–H and O–H groups in total. The fraction of sp³-hybridized carbons (Fsp3) is 0.387. The Labute approximate surface area is 265 Å². The van der Waals surface area contributed by atoms with Crippen molar-refractivity contribution >= 4 is 35.4 Å². The largest absolute Gasteiger partial charge is 0.486 e. The SMILES string of the molecule is N#Cc1cc(-c2ncnc(Nc3ccc(N4CCN(C5COC5)CC4)cc3)n2)ccc1O[C@H]1CCN(C(=O)C=NC(=N)N)C[C@H]1F. The number of aliphatic imine (C=N–C) groups is 1. The Bertz CT molecular complexity index is 1640. The lowest BCUT2D eigenvalue weighted by Crippen LogP contribution is -2.56. The number of piperazine rings is 1. The molecule has 46 heavy (non-hydrogen) atoms. The fourth-order valence-electron chi connectivity index (χ4n) is 5.60. The summed E-state index contributed by atoms with van der Waals surface area (Å²) in [4.78, 5) is 34.8. The number of likely N-dealkylation sites (tertiary alicyclic amines) is 1. The van der Waals surface area contributed by atoms with Crippen molar-refractivity contribution in [3.05, 3.63) is 54.4 Å². The van der Waals surface area contributed by atoms with E-state index in [1.807, 2.05) is 12.1 Å². The van der Waals surface area contributed by atoms with E-state index in [0.29, 0.717) is 23.4 Å². The van der Waals surface area contributed by atoms with Gasteiger partial charge in [0.05, 0.1) is 37.6 Å². The number of benzene rings is 2. The van der Waals surface area contributed by atoms with Crippen LogP contribution in [-0.2, 0) is 9.53 Å². The second-order valence-electron chi connectivity index (χ2n) is 11.2. The summed E-state index contributed by atoms with van der Waals surface area (Å²) >= 11 is 0. The maximum Gasteiger partial charge on any atom is 0.265 e. The molecule has 4 heterocycles. The van der Waals surface area contributed by atoms with Gasteiger partial charge in [-0.2, -0.15) is 10.2 Å². The third-order valence-electron chi connectivity index (χ3n) is 8.26. The van der Waals surface area contributed by atoms with E-state index in [4.69, 9.17) is 20.6 Å². The first-order chi connectivity index (χ1) is 22.4. The van der Waals surface area contributed by atoms with Gasteiger partial charge in [0.15, 0.2) is 12.0 Å². The zero-order chi connectivity index (χ0) is 32.0. The number of hydrogen-bond acceptors (Lipinski definition) is 11. The van der Waals surface area contributed by atoms with Gasteiger partial charge in [-0.1, -0.05) is 0 Å². The molecule has 3 aliphatic heterocycles. The molecule has 0 bridgehead atoms. The Hall–Kier alpha value is -5.20. The number of halogens is 1. The number of nitrogens with one attached hydrogen (secondary N) is 2. The molecule has 0 spiro atoms. The Morgan fingerprint density at radius 2 is 1.93 bits per heavy atom. The molecule has 2 aromatic carbocycles. The normalized spacial score (nSPS) is 20.6. The van der Waals surface area contributed by atoms with Gasteiger partial charge in [-0.05, 0) is 42.5 Å². The number of nitrogens with two attached hydrogens (primary N) is 1. The lowest BCUT2D eigenvalue weighted by Gasteiger charge is -2.43. The number of guanidine groups is 1. The number of anilines is 3. The summed E-state index contributed by atoms with van der Waals surface area (Å²) in [6.45, 7) is 5.71. The summed E-state index contributed by atoms with van der Waals surface area (Å²) in [6, 6.07) is 15.7. The summed E-state index contributed by atoms with van der Waals surface area (Å²) in [5, 5.41) is 20.1. The zero-order valence-electron chi connectivity index (χ0n) is 25.0. The first-order valence-corrected chi connectivity index (χ1v) is 15.0. The molecule has 3 aliphatic rings. The summed E-state index contributed by atoms with van der Waals surface area (Å²) in [5.74, 6) is -0.114. The highest BCUT2D eigenvalue weighted by molar-refractivity contribution is 6.28. The van der Waals surface area contributed by atoms with E-state index in [1.165, 1.54) is 11.2 Å². The van der Waals surface area contributed by atoms with Crippen molar-refractivity contribution in [1.29, 1.82) is 10.7 Å². The van der Waals surface area contributed by atoms with Gasteiger partial charge < -0.3 is 30.3 Å². The summed E-state index contributed by atoms with van der Waals surface area (Å²) in [7, 11) is 0. The lowest BCUT2D eigenvalue weighted by molar-refractivity contribution is -0.127. The molecular formula is C31H34FN11O3. The predicted molar refractivity (Wildman–Crippen MR) is 169 cm³/mol. The third kappa shape index (κ3) is 7.19. The van der Waals surface area contributed by atoms with E-state index in [2.05, 4.69) is 53.3 Å². The number of amides is 1. The van der Waals surface area contributed by atoms with Crippen LogP contribution in [0.3, 0.4) is 0 Å².